The minimum Gasteiger partial charge on any atom is -0.360 e. The highest BCUT2D eigenvalue weighted by atomic mass is 15.2. The standard InChI is InChI=1S/C18H26N4/c1-5-6-11-22(4)17-12-15(3)20-18(21-17)19-13-16-9-7-14(2)8-10-16/h7-10,12H,5-6,11,13H2,1-4H3,(H,19,20,21). The molecule has 0 unspecified atom stereocenters. The normalized spacial score (nSPS) is 10.5. The van der Waals surface area contributed by atoms with E-state index in [2.05, 4.69) is 65.3 Å². The van der Waals surface area contributed by atoms with E-state index in [0.717, 1.165) is 24.6 Å². The number of nitrogens with zero attached hydrogens (tertiary/aromatic N) is 3. The summed E-state index contributed by atoms with van der Waals surface area (Å²) in [5, 5.41) is 3.32. The lowest BCUT2D eigenvalue weighted by Crippen LogP contribution is -2.20. The Labute approximate surface area is 133 Å². The molecule has 0 aliphatic rings. The maximum atomic E-state index is 4.62. The Morgan fingerprint density at radius 3 is 2.50 bits per heavy atom. The highest BCUT2D eigenvalue weighted by Gasteiger charge is 2.06. The lowest BCUT2D eigenvalue weighted by molar-refractivity contribution is 0.757. The van der Waals surface area contributed by atoms with Gasteiger partial charge >= 0.3 is 0 Å². The Balaban J connectivity index is 2.04. The molecule has 0 spiro atoms. The third-order valence-corrected chi connectivity index (χ3v) is 3.65. The summed E-state index contributed by atoms with van der Waals surface area (Å²) >= 11 is 0. The van der Waals surface area contributed by atoms with Crippen molar-refractivity contribution in [1.82, 2.24) is 9.97 Å². The van der Waals surface area contributed by atoms with Crippen molar-refractivity contribution in [2.45, 2.75) is 40.2 Å². The van der Waals surface area contributed by atoms with Gasteiger partial charge in [0.15, 0.2) is 0 Å². The van der Waals surface area contributed by atoms with Gasteiger partial charge in [-0.1, -0.05) is 43.2 Å². The van der Waals surface area contributed by atoms with Gasteiger partial charge in [-0.25, -0.2) is 4.98 Å². The zero-order valence-electron chi connectivity index (χ0n) is 14.1. The molecule has 0 radical (unpaired) electrons. The van der Waals surface area contributed by atoms with E-state index in [1.54, 1.807) is 0 Å². The second kappa shape index (κ2) is 7.78. The molecule has 4 nitrogen and oxygen atoms in total. The van der Waals surface area contributed by atoms with Crippen LogP contribution in [0.15, 0.2) is 30.3 Å². The van der Waals surface area contributed by atoms with Crippen molar-refractivity contribution >= 4 is 11.8 Å². The number of anilines is 2. The Morgan fingerprint density at radius 1 is 1.09 bits per heavy atom. The topological polar surface area (TPSA) is 41.1 Å². The summed E-state index contributed by atoms with van der Waals surface area (Å²) in [7, 11) is 2.08. The van der Waals surface area contributed by atoms with E-state index in [-0.39, 0.29) is 0 Å². The molecule has 0 bridgehead atoms. The highest BCUT2D eigenvalue weighted by molar-refractivity contribution is 5.44. The zero-order chi connectivity index (χ0) is 15.9. The van der Waals surface area contributed by atoms with Crippen LogP contribution in [0.4, 0.5) is 11.8 Å². The molecule has 0 aliphatic heterocycles. The summed E-state index contributed by atoms with van der Waals surface area (Å²) in [5.74, 6) is 1.67. The van der Waals surface area contributed by atoms with Crippen LogP contribution < -0.4 is 10.2 Å². The van der Waals surface area contributed by atoms with Crippen molar-refractivity contribution in [2.75, 3.05) is 23.8 Å². The summed E-state index contributed by atoms with van der Waals surface area (Å²) in [6.07, 6.45) is 2.36. The lowest BCUT2D eigenvalue weighted by atomic mass is 10.1. The third kappa shape index (κ3) is 4.72. The number of hydrogen-bond acceptors (Lipinski definition) is 4. The van der Waals surface area contributed by atoms with Crippen LogP contribution in [0.3, 0.4) is 0 Å². The number of unbranched alkanes of at least 4 members (excludes halogenated alkanes) is 1. The number of nitrogens with one attached hydrogen (secondary N) is 1. The summed E-state index contributed by atoms with van der Waals surface area (Å²) in [6, 6.07) is 10.5. The molecule has 118 valence electrons. The van der Waals surface area contributed by atoms with Crippen LogP contribution in [0, 0.1) is 13.8 Å². The second-order valence-electron chi connectivity index (χ2n) is 5.81. The van der Waals surface area contributed by atoms with Gasteiger partial charge in [-0.05, 0) is 25.8 Å². The average Bonchev–Trinajstić information content (AvgIpc) is 2.51. The van der Waals surface area contributed by atoms with Crippen LogP contribution in [0.2, 0.25) is 0 Å². The van der Waals surface area contributed by atoms with Crippen molar-refractivity contribution in [3.8, 4) is 0 Å². The minimum absolute atomic E-state index is 0.693. The summed E-state index contributed by atoms with van der Waals surface area (Å²) < 4.78 is 0. The molecule has 0 saturated heterocycles. The van der Waals surface area contributed by atoms with Crippen molar-refractivity contribution < 1.29 is 0 Å². The fourth-order valence-electron chi connectivity index (χ4n) is 2.22. The Kier molecular flexibility index (Phi) is 5.75. The fourth-order valence-corrected chi connectivity index (χ4v) is 2.22. The van der Waals surface area contributed by atoms with Crippen LogP contribution in [0.25, 0.3) is 0 Å². The van der Waals surface area contributed by atoms with E-state index in [4.69, 9.17) is 0 Å². The highest BCUT2D eigenvalue weighted by Crippen LogP contribution is 2.15. The number of aromatic nitrogens is 2. The molecule has 22 heavy (non-hydrogen) atoms. The third-order valence-electron chi connectivity index (χ3n) is 3.65. The lowest BCUT2D eigenvalue weighted by Gasteiger charge is -2.19. The summed E-state index contributed by atoms with van der Waals surface area (Å²) in [5.41, 5.74) is 3.49. The molecular formula is C18H26N4. The van der Waals surface area contributed by atoms with E-state index in [1.165, 1.54) is 24.0 Å². The number of rotatable bonds is 7. The summed E-state index contributed by atoms with van der Waals surface area (Å²) in [4.78, 5) is 11.3. The molecule has 2 aromatic rings. The van der Waals surface area contributed by atoms with E-state index in [1.807, 2.05) is 13.0 Å². The second-order valence-corrected chi connectivity index (χ2v) is 5.81. The SMILES string of the molecule is CCCCN(C)c1cc(C)nc(NCc2ccc(C)cc2)n1. The Hall–Kier alpha value is -2.10. The van der Waals surface area contributed by atoms with E-state index < -0.39 is 0 Å². The quantitative estimate of drug-likeness (QED) is 0.840. The van der Waals surface area contributed by atoms with Crippen molar-refractivity contribution in [2.24, 2.45) is 0 Å². The van der Waals surface area contributed by atoms with Crippen LogP contribution >= 0.6 is 0 Å². The number of hydrogen-bond donors (Lipinski definition) is 1. The van der Waals surface area contributed by atoms with Crippen LogP contribution in [0.1, 0.15) is 36.6 Å². The van der Waals surface area contributed by atoms with Gasteiger partial charge in [-0.3, -0.25) is 0 Å². The fraction of sp³-hybridized carbons (Fsp3) is 0.444. The largest absolute Gasteiger partial charge is 0.360 e. The van der Waals surface area contributed by atoms with Gasteiger partial charge < -0.3 is 10.2 Å². The first-order valence-electron chi connectivity index (χ1n) is 7.94. The van der Waals surface area contributed by atoms with E-state index in [9.17, 15) is 0 Å². The van der Waals surface area contributed by atoms with Gasteiger partial charge in [0.05, 0.1) is 0 Å². The van der Waals surface area contributed by atoms with E-state index >= 15 is 0 Å². The van der Waals surface area contributed by atoms with Crippen molar-refractivity contribution in [3.63, 3.8) is 0 Å². The number of aryl methyl sites for hydroxylation is 2. The molecule has 1 aromatic heterocycles. The first-order chi connectivity index (χ1) is 10.6. The van der Waals surface area contributed by atoms with Crippen molar-refractivity contribution in [3.05, 3.63) is 47.2 Å². The van der Waals surface area contributed by atoms with Gasteiger partial charge in [0, 0.05) is 31.9 Å². The van der Waals surface area contributed by atoms with Crippen LogP contribution in [-0.4, -0.2) is 23.6 Å². The first-order valence-corrected chi connectivity index (χ1v) is 7.94. The first kappa shape index (κ1) is 16.3. The molecule has 0 atom stereocenters. The maximum absolute atomic E-state index is 4.62. The molecule has 1 N–H and O–H groups in total. The molecule has 0 aliphatic carbocycles. The monoisotopic (exact) mass is 298 g/mol. The predicted octanol–water partition coefficient (Wildman–Crippen LogP) is 3.94. The van der Waals surface area contributed by atoms with Crippen molar-refractivity contribution in [1.29, 1.82) is 0 Å². The molecular weight excluding hydrogens is 272 g/mol. The van der Waals surface area contributed by atoms with Gasteiger partial charge in [0.2, 0.25) is 5.95 Å². The zero-order valence-corrected chi connectivity index (χ0v) is 14.1. The minimum atomic E-state index is 0.693. The molecule has 2 rings (SSSR count). The van der Waals surface area contributed by atoms with Gasteiger partial charge in [0.25, 0.3) is 0 Å². The molecule has 1 heterocycles. The van der Waals surface area contributed by atoms with Gasteiger partial charge in [0.1, 0.15) is 5.82 Å². The molecule has 1 aromatic carbocycles. The molecule has 0 fully saturated rings. The van der Waals surface area contributed by atoms with Crippen LogP contribution in [0.5, 0.6) is 0 Å². The molecule has 4 heteroatoms. The maximum Gasteiger partial charge on any atom is 0.225 e. The van der Waals surface area contributed by atoms with Gasteiger partial charge in [-0.15, -0.1) is 0 Å². The predicted molar refractivity (Wildman–Crippen MR) is 93.5 cm³/mol. The molecule has 0 saturated carbocycles. The number of benzene rings is 1. The molecule has 0 amide bonds. The Morgan fingerprint density at radius 2 is 1.82 bits per heavy atom. The Bertz CT molecular complexity index is 593. The van der Waals surface area contributed by atoms with Crippen LogP contribution in [-0.2, 0) is 6.54 Å². The summed E-state index contributed by atoms with van der Waals surface area (Å²) in [6.45, 7) is 8.06. The van der Waals surface area contributed by atoms with Gasteiger partial charge in [-0.2, -0.15) is 4.98 Å². The van der Waals surface area contributed by atoms with E-state index in [0.29, 0.717) is 5.95 Å². The average molecular weight is 298 g/mol. The smallest absolute Gasteiger partial charge is 0.225 e.